The minimum Gasteiger partial charge on any atom is -0.297 e. The van der Waals surface area contributed by atoms with Crippen molar-refractivity contribution in [2.75, 3.05) is 5.32 Å². The molecule has 0 radical (unpaired) electrons. The fourth-order valence-electron chi connectivity index (χ4n) is 3.22. The fraction of sp³-hybridized carbons (Fsp3) is 0.182. The topological polar surface area (TPSA) is 42.0 Å². The van der Waals surface area contributed by atoms with Crippen LogP contribution in [0, 0.1) is 13.8 Å². The van der Waals surface area contributed by atoms with Crippen molar-refractivity contribution in [3.05, 3.63) is 70.1 Å². The van der Waals surface area contributed by atoms with Crippen LogP contribution in [-0.2, 0) is 6.42 Å². The van der Waals surface area contributed by atoms with Crippen LogP contribution < -0.4 is 5.32 Å². The first-order valence-corrected chi connectivity index (χ1v) is 10.6. The van der Waals surface area contributed by atoms with Crippen LogP contribution in [0.25, 0.3) is 20.7 Å². The number of thiazole rings is 1. The van der Waals surface area contributed by atoms with E-state index in [4.69, 9.17) is 0 Å². The predicted octanol–water partition coefficient (Wildman–Crippen LogP) is 6.46. The van der Waals surface area contributed by atoms with Gasteiger partial charge >= 0.3 is 0 Å². The van der Waals surface area contributed by atoms with E-state index in [-0.39, 0.29) is 5.91 Å². The molecule has 0 fully saturated rings. The molecule has 4 aromatic rings. The number of hydrogen-bond donors (Lipinski definition) is 1. The first-order valence-electron chi connectivity index (χ1n) is 8.92. The summed E-state index contributed by atoms with van der Waals surface area (Å²) in [5.74, 6) is -0.0923. The number of hydrogen-bond acceptors (Lipinski definition) is 4. The van der Waals surface area contributed by atoms with Crippen LogP contribution in [0.4, 0.5) is 5.13 Å². The average molecular weight is 393 g/mol. The van der Waals surface area contributed by atoms with E-state index in [1.807, 2.05) is 24.3 Å². The number of thiophene rings is 1. The van der Waals surface area contributed by atoms with Crippen LogP contribution in [0.15, 0.2) is 48.5 Å². The third-order valence-corrected chi connectivity index (χ3v) is 6.64. The summed E-state index contributed by atoms with van der Waals surface area (Å²) in [6.07, 6.45) is 0.896. The number of amides is 1. The number of benzene rings is 2. The van der Waals surface area contributed by atoms with E-state index in [1.165, 1.54) is 27.3 Å². The predicted molar refractivity (Wildman–Crippen MR) is 116 cm³/mol. The van der Waals surface area contributed by atoms with E-state index in [0.717, 1.165) is 32.6 Å². The van der Waals surface area contributed by atoms with E-state index >= 15 is 0 Å². The summed E-state index contributed by atoms with van der Waals surface area (Å²) >= 11 is 3.07. The number of carbonyl (C=O) groups excluding carboxylic acids is 1. The molecule has 1 amide bonds. The molecule has 0 saturated carbocycles. The minimum atomic E-state index is -0.0923. The molecule has 2 aromatic heterocycles. The highest BCUT2D eigenvalue weighted by molar-refractivity contribution is 7.22. The van der Waals surface area contributed by atoms with Crippen molar-refractivity contribution in [3.63, 3.8) is 0 Å². The van der Waals surface area contributed by atoms with Gasteiger partial charge in [-0.05, 0) is 54.7 Å². The molecule has 1 N–H and O–H groups in total. The second kappa shape index (κ2) is 7.25. The Bertz CT molecular complexity index is 1130. The lowest BCUT2D eigenvalue weighted by Crippen LogP contribution is -2.09. The van der Waals surface area contributed by atoms with E-state index in [2.05, 4.69) is 55.3 Å². The number of carbonyl (C=O) groups is 1. The maximum Gasteiger partial charge on any atom is 0.267 e. The number of nitrogens with one attached hydrogen (secondary N) is 1. The highest BCUT2D eigenvalue weighted by Crippen LogP contribution is 2.34. The third kappa shape index (κ3) is 3.53. The normalized spacial score (nSPS) is 11.1. The first kappa shape index (κ1) is 17.9. The quantitative estimate of drug-likeness (QED) is 0.433. The van der Waals surface area contributed by atoms with Crippen LogP contribution >= 0.6 is 22.7 Å². The number of aromatic nitrogens is 1. The van der Waals surface area contributed by atoms with Crippen molar-refractivity contribution in [3.8, 4) is 10.4 Å². The molecule has 0 aliphatic heterocycles. The summed E-state index contributed by atoms with van der Waals surface area (Å²) in [5, 5.41) is 3.64. The van der Waals surface area contributed by atoms with Crippen LogP contribution in [0.2, 0.25) is 0 Å². The Labute approximate surface area is 166 Å². The van der Waals surface area contributed by atoms with Crippen molar-refractivity contribution in [2.24, 2.45) is 0 Å². The Hall–Kier alpha value is -2.50. The second-order valence-corrected chi connectivity index (χ2v) is 8.67. The summed E-state index contributed by atoms with van der Waals surface area (Å²) < 4.78 is 1.10. The number of aryl methyl sites for hydroxylation is 3. The molecular formula is C22H20N2OS2. The van der Waals surface area contributed by atoms with E-state index in [9.17, 15) is 4.79 Å². The highest BCUT2D eigenvalue weighted by atomic mass is 32.1. The van der Waals surface area contributed by atoms with Gasteiger partial charge in [0.05, 0.1) is 15.1 Å². The summed E-state index contributed by atoms with van der Waals surface area (Å²) in [6, 6.07) is 16.5. The molecule has 27 heavy (non-hydrogen) atoms. The molecular weight excluding hydrogens is 372 g/mol. The molecule has 2 heterocycles. The summed E-state index contributed by atoms with van der Waals surface area (Å²) in [4.78, 5) is 19.3. The maximum atomic E-state index is 12.8. The average Bonchev–Trinajstić information content (AvgIpc) is 3.26. The van der Waals surface area contributed by atoms with Crippen molar-refractivity contribution >= 4 is 43.9 Å². The Morgan fingerprint density at radius 1 is 1.07 bits per heavy atom. The van der Waals surface area contributed by atoms with Gasteiger partial charge in [0.15, 0.2) is 5.13 Å². The van der Waals surface area contributed by atoms with Gasteiger partial charge in [-0.3, -0.25) is 10.1 Å². The lowest BCUT2D eigenvalue weighted by Gasteiger charge is -2.00. The molecule has 136 valence electrons. The van der Waals surface area contributed by atoms with Gasteiger partial charge in [0.25, 0.3) is 5.91 Å². The third-order valence-electron chi connectivity index (χ3n) is 4.50. The van der Waals surface area contributed by atoms with Crippen molar-refractivity contribution in [2.45, 2.75) is 27.2 Å². The van der Waals surface area contributed by atoms with E-state index in [0.29, 0.717) is 5.13 Å². The Morgan fingerprint density at radius 3 is 2.59 bits per heavy atom. The smallest absolute Gasteiger partial charge is 0.267 e. The van der Waals surface area contributed by atoms with Crippen LogP contribution in [-0.4, -0.2) is 10.9 Å². The van der Waals surface area contributed by atoms with E-state index < -0.39 is 0 Å². The number of rotatable bonds is 4. The first-order chi connectivity index (χ1) is 13.0. The minimum absolute atomic E-state index is 0.0923. The molecule has 0 aliphatic rings. The number of nitrogens with zero attached hydrogens (tertiary/aromatic N) is 1. The largest absolute Gasteiger partial charge is 0.297 e. The molecule has 2 aromatic carbocycles. The molecule has 4 rings (SSSR count). The standard InChI is InChI=1S/C22H20N2OS2/c1-4-15-12-18(26-20(15)16-8-6-5-7-9-16)21(25)24-22-23-19-14(3)10-13(2)11-17(19)27-22/h5-12H,4H2,1-3H3,(H,23,24,25). The number of fused-ring (bicyclic) bond motifs is 1. The highest BCUT2D eigenvalue weighted by Gasteiger charge is 2.17. The zero-order chi connectivity index (χ0) is 19.0. The van der Waals surface area contributed by atoms with Gasteiger partial charge < -0.3 is 0 Å². The zero-order valence-corrected chi connectivity index (χ0v) is 17.1. The maximum absolute atomic E-state index is 12.8. The van der Waals surface area contributed by atoms with Crippen molar-refractivity contribution in [1.29, 1.82) is 0 Å². The Balaban J connectivity index is 1.64. The van der Waals surface area contributed by atoms with Crippen LogP contribution in [0.5, 0.6) is 0 Å². The van der Waals surface area contributed by atoms with Crippen molar-refractivity contribution in [1.82, 2.24) is 4.98 Å². The van der Waals surface area contributed by atoms with Gasteiger partial charge in [0.1, 0.15) is 0 Å². The van der Waals surface area contributed by atoms with Gasteiger partial charge in [-0.15, -0.1) is 11.3 Å². The van der Waals surface area contributed by atoms with Gasteiger partial charge in [0.2, 0.25) is 0 Å². The lowest BCUT2D eigenvalue weighted by molar-refractivity contribution is 0.103. The molecule has 0 atom stereocenters. The van der Waals surface area contributed by atoms with Crippen LogP contribution in [0.1, 0.15) is 33.3 Å². The monoisotopic (exact) mass is 392 g/mol. The number of anilines is 1. The summed E-state index contributed by atoms with van der Waals surface area (Å²) in [7, 11) is 0. The Kier molecular flexibility index (Phi) is 4.81. The van der Waals surface area contributed by atoms with Gasteiger partial charge in [-0.2, -0.15) is 0 Å². The van der Waals surface area contributed by atoms with E-state index in [1.54, 1.807) is 11.3 Å². The zero-order valence-electron chi connectivity index (χ0n) is 15.5. The molecule has 5 heteroatoms. The lowest BCUT2D eigenvalue weighted by atomic mass is 10.1. The Morgan fingerprint density at radius 2 is 1.85 bits per heavy atom. The second-order valence-electron chi connectivity index (χ2n) is 6.59. The summed E-state index contributed by atoms with van der Waals surface area (Å²) in [5.41, 5.74) is 5.67. The van der Waals surface area contributed by atoms with Crippen molar-refractivity contribution < 1.29 is 4.79 Å². The van der Waals surface area contributed by atoms with Gasteiger partial charge in [0, 0.05) is 4.88 Å². The van der Waals surface area contributed by atoms with Gasteiger partial charge in [-0.25, -0.2) is 4.98 Å². The molecule has 0 unspecified atom stereocenters. The van der Waals surface area contributed by atoms with Gasteiger partial charge in [-0.1, -0.05) is 54.7 Å². The molecule has 0 bridgehead atoms. The molecule has 0 spiro atoms. The summed E-state index contributed by atoms with van der Waals surface area (Å²) in [6.45, 7) is 6.25. The molecule has 0 saturated heterocycles. The SMILES string of the molecule is CCc1cc(C(=O)Nc2nc3c(C)cc(C)cc3s2)sc1-c1ccccc1. The fourth-order valence-corrected chi connectivity index (χ4v) is 5.41. The van der Waals surface area contributed by atoms with Crippen LogP contribution in [0.3, 0.4) is 0 Å². The molecule has 0 aliphatic carbocycles. The molecule has 3 nitrogen and oxygen atoms in total.